The molecule has 0 aliphatic rings. The molecule has 158 valence electrons. The number of pyridine rings is 1. The minimum absolute atomic E-state index is 0.274. The lowest BCUT2D eigenvalue weighted by Gasteiger charge is -2.16. The summed E-state index contributed by atoms with van der Waals surface area (Å²) in [6.07, 6.45) is 3.98. The van der Waals surface area contributed by atoms with E-state index in [-0.39, 0.29) is 5.95 Å². The van der Waals surface area contributed by atoms with E-state index in [1.54, 1.807) is 19.3 Å². The second kappa shape index (κ2) is 8.82. The Bertz CT molecular complexity index is 1180. The van der Waals surface area contributed by atoms with Gasteiger partial charge in [-0.1, -0.05) is 13.0 Å². The first-order chi connectivity index (χ1) is 15.0. The van der Waals surface area contributed by atoms with E-state index in [0.717, 1.165) is 17.3 Å². The molecule has 1 aromatic carbocycles. The Balaban J connectivity index is 1.54. The third kappa shape index (κ3) is 4.80. The van der Waals surface area contributed by atoms with Crippen molar-refractivity contribution in [2.24, 2.45) is 0 Å². The molecule has 0 amide bonds. The molecule has 0 aliphatic carbocycles. The summed E-state index contributed by atoms with van der Waals surface area (Å²) in [5, 5.41) is 13.3. The van der Waals surface area contributed by atoms with Crippen molar-refractivity contribution in [1.82, 2.24) is 30.1 Å². The maximum Gasteiger partial charge on any atom is 0.233 e. The highest BCUT2D eigenvalue weighted by Crippen LogP contribution is 2.23. The average Bonchev–Trinajstić information content (AvgIpc) is 3.22. The smallest absolute Gasteiger partial charge is 0.233 e. The molecule has 0 fully saturated rings. The second-order valence-electron chi connectivity index (χ2n) is 6.81. The van der Waals surface area contributed by atoms with Crippen LogP contribution in [0, 0.1) is 11.6 Å². The van der Waals surface area contributed by atoms with E-state index in [2.05, 4.69) is 40.8 Å². The summed E-state index contributed by atoms with van der Waals surface area (Å²) in [5.41, 5.74) is 2.06. The fraction of sp³-hybridized carbons (Fsp3) is 0.190. The lowest BCUT2D eigenvalue weighted by molar-refractivity contribution is 0.566. The number of aryl methyl sites for hydroxylation is 1. The van der Waals surface area contributed by atoms with Crippen LogP contribution in [0.1, 0.15) is 31.3 Å². The van der Waals surface area contributed by atoms with Crippen molar-refractivity contribution < 1.29 is 8.78 Å². The summed E-state index contributed by atoms with van der Waals surface area (Å²) in [4.78, 5) is 17.1. The monoisotopic (exact) mass is 422 g/mol. The van der Waals surface area contributed by atoms with E-state index in [1.165, 1.54) is 12.1 Å². The van der Waals surface area contributed by atoms with E-state index in [0.29, 0.717) is 29.6 Å². The van der Waals surface area contributed by atoms with Gasteiger partial charge in [-0.3, -0.25) is 10.1 Å². The Labute approximate surface area is 177 Å². The first-order valence-corrected chi connectivity index (χ1v) is 9.71. The van der Waals surface area contributed by atoms with Crippen LogP contribution in [0.4, 0.5) is 26.5 Å². The van der Waals surface area contributed by atoms with Gasteiger partial charge in [0.2, 0.25) is 11.9 Å². The SMILES string of the molecule is CCc1nc(Nc2cc(-c3ccncc3)[nH]n2)nc(NC(C)c2ccc(F)cc2F)n1. The number of aromatic nitrogens is 6. The average molecular weight is 422 g/mol. The molecule has 0 saturated heterocycles. The first-order valence-electron chi connectivity index (χ1n) is 9.71. The minimum atomic E-state index is -0.636. The summed E-state index contributed by atoms with van der Waals surface area (Å²) in [5.74, 6) is 0.395. The molecule has 0 saturated carbocycles. The molecule has 0 aliphatic heterocycles. The molecule has 31 heavy (non-hydrogen) atoms. The quantitative estimate of drug-likeness (QED) is 0.405. The molecule has 3 aromatic heterocycles. The molecular weight excluding hydrogens is 402 g/mol. The molecule has 1 unspecified atom stereocenters. The zero-order chi connectivity index (χ0) is 21.8. The number of hydrogen-bond acceptors (Lipinski definition) is 7. The minimum Gasteiger partial charge on any atom is -0.347 e. The van der Waals surface area contributed by atoms with E-state index < -0.39 is 17.7 Å². The van der Waals surface area contributed by atoms with Gasteiger partial charge in [-0.25, -0.2) is 8.78 Å². The zero-order valence-corrected chi connectivity index (χ0v) is 16.9. The molecule has 4 rings (SSSR count). The number of benzene rings is 1. The molecule has 0 radical (unpaired) electrons. The standard InChI is InChI=1S/C21H20F2N8/c1-3-18-26-20(25-12(2)15-5-4-14(22)10-16(15)23)29-21(27-18)28-19-11-17(30-31-19)13-6-8-24-9-7-13/h4-12H,3H2,1-2H3,(H3,25,26,27,28,29,30,31). The van der Waals surface area contributed by atoms with Crippen molar-refractivity contribution in [3.05, 3.63) is 71.8 Å². The Hall–Kier alpha value is -3.95. The van der Waals surface area contributed by atoms with Crippen molar-refractivity contribution in [2.75, 3.05) is 10.6 Å². The number of rotatable bonds is 7. The van der Waals surface area contributed by atoms with Crippen molar-refractivity contribution >= 4 is 17.7 Å². The van der Waals surface area contributed by atoms with Crippen LogP contribution in [0.5, 0.6) is 0 Å². The molecular formula is C21H20F2N8. The molecule has 3 heterocycles. The summed E-state index contributed by atoms with van der Waals surface area (Å²) >= 11 is 0. The van der Waals surface area contributed by atoms with E-state index in [4.69, 9.17) is 0 Å². The molecule has 10 heteroatoms. The number of aromatic amines is 1. The van der Waals surface area contributed by atoms with Gasteiger partial charge in [-0.05, 0) is 25.1 Å². The normalized spacial score (nSPS) is 11.9. The second-order valence-corrected chi connectivity index (χ2v) is 6.81. The van der Waals surface area contributed by atoms with Crippen LogP contribution in [0.3, 0.4) is 0 Å². The predicted molar refractivity (Wildman–Crippen MR) is 113 cm³/mol. The Morgan fingerprint density at radius 2 is 1.77 bits per heavy atom. The van der Waals surface area contributed by atoms with Gasteiger partial charge < -0.3 is 10.6 Å². The van der Waals surface area contributed by atoms with Crippen LogP contribution in [0.2, 0.25) is 0 Å². The fourth-order valence-corrected chi connectivity index (χ4v) is 3.00. The van der Waals surface area contributed by atoms with Crippen LogP contribution in [0.15, 0.2) is 48.8 Å². The van der Waals surface area contributed by atoms with E-state index in [1.807, 2.05) is 25.1 Å². The van der Waals surface area contributed by atoms with Crippen LogP contribution in [0.25, 0.3) is 11.3 Å². The summed E-state index contributed by atoms with van der Waals surface area (Å²) in [6, 6.07) is 8.54. The third-order valence-corrected chi connectivity index (χ3v) is 4.58. The summed E-state index contributed by atoms with van der Waals surface area (Å²) in [7, 11) is 0. The fourth-order valence-electron chi connectivity index (χ4n) is 3.00. The van der Waals surface area contributed by atoms with E-state index >= 15 is 0 Å². The van der Waals surface area contributed by atoms with E-state index in [9.17, 15) is 8.78 Å². The highest BCUT2D eigenvalue weighted by molar-refractivity contribution is 5.63. The highest BCUT2D eigenvalue weighted by Gasteiger charge is 2.15. The van der Waals surface area contributed by atoms with Gasteiger partial charge >= 0.3 is 0 Å². The number of anilines is 3. The van der Waals surface area contributed by atoms with Crippen molar-refractivity contribution in [2.45, 2.75) is 26.3 Å². The topological polar surface area (TPSA) is 104 Å². The Morgan fingerprint density at radius 3 is 2.52 bits per heavy atom. The van der Waals surface area contributed by atoms with Gasteiger partial charge in [-0.15, -0.1) is 0 Å². The lowest BCUT2D eigenvalue weighted by atomic mass is 10.1. The first kappa shape index (κ1) is 20.3. The maximum absolute atomic E-state index is 14.1. The third-order valence-electron chi connectivity index (χ3n) is 4.58. The van der Waals surface area contributed by atoms with Gasteiger partial charge in [0.1, 0.15) is 17.5 Å². The van der Waals surface area contributed by atoms with Gasteiger partial charge in [0.15, 0.2) is 5.82 Å². The van der Waals surface area contributed by atoms with Crippen LogP contribution in [-0.4, -0.2) is 30.1 Å². The number of hydrogen-bond donors (Lipinski definition) is 3. The van der Waals surface area contributed by atoms with Gasteiger partial charge in [0.05, 0.1) is 11.7 Å². The van der Waals surface area contributed by atoms with Crippen LogP contribution < -0.4 is 10.6 Å². The number of halogens is 2. The molecule has 1 atom stereocenters. The molecule has 4 aromatic rings. The molecule has 0 spiro atoms. The number of nitrogens with one attached hydrogen (secondary N) is 3. The molecule has 0 bridgehead atoms. The van der Waals surface area contributed by atoms with Crippen molar-refractivity contribution in [3.8, 4) is 11.3 Å². The van der Waals surface area contributed by atoms with Crippen molar-refractivity contribution in [1.29, 1.82) is 0 Å². The van der Waals surface area contributed by atoms with Gasteiger partial charge in [0.25, 0.3) is 0 Å². The van der Waals surface area contributed by atoms with Crippen LogP contribution >= 0.6 is 0 Å². The van der Waals surface area contributed by atoms with Gasteiger partial charge in [-0.2, -0.15) is 20.1 Å². The van der Waals surface area contributed by atoms with Crippen molar-refractivity contribution in [3.63, 3.8) is 0 Å². The lowest BCUT2D eigenvalue weighted by Crippen LogP contribution is -2.14. The molecule has 8 nitrogen and oxygen atoms in total. The molecule has 3 N–H and O–H groups in total. The summed E-state index contributed by atoms with van der Waals surface area (Å²) < 4.78 is 27.3. The predicted octanol–water partition coefficient (Wildman–Crippen LogP) is 4.41. The van der Waals surface area contributed by atoms with Gasteiger partial charge in [0, 0.05) is 42.1 Å². The zero-order valence-electron chi connectivity index (χ0n) is 16.9. The maximum atomic E-state index is 14.1. The number of H-pyrrole nitrogens is 1. The Morgan fingerprint density at radius 1 is 1.00 bits per heavy atom. The largest absolute Gasteiger partial charge is 0.347 e. The summed E-state index contributed by atoms with van der Waals surface area (Å²) in [6.45, 7) is 3.66. The number of nitrogens with zero attached hydrogens (tertiary/aromatic N) is 5. The van der Waals surface area contributed by atoms with Crippen LogP contribution in [-0.2, 0) is 6.42 Å². The Kier molecular flexibility index (Phi) is 5.78. The highest BCUT2D eigenvalue weighted by atomic mass is 19.1.